The third-order valence-electron chi connectivity index (χ3n) is 2.65. The van der Waals surface area contributed by atoms with Gasteiger partial charge in [0.2, 0.25) is 5.91 Å². The van der Waals surface area contributed by atoms with E-state index in [1.165, 1.54) is 6.42 Å². The molecule has 0 atom stereocenters. The number of guanidine groups is 1. The van der Waals surface area contributed by atoms with E-state index in [-0.39, 0.29) is 36.4 Å². The summed E-state index contributed by atoms with van der Waals surface area (Å²) in [6.45, 7) is 4.77. The maximum Gasteiger partial charge on any atom is 0.244 e. The molecule has 1 aliphatic heterocycles. The number of hydrogen-bond acceptors (Lipinski definition) is 2. The Bertz CT molecular complexity index is 252. The Morgan fingerprint density at radius 2 is 2.00 bits per heavy atom. The second kappa shape index (κ2) is 9.49. The lowest BCUT2D eigenvalue weighted by atomic mass is 10.1. The molecule has 3 N–H and O–H groups in total. The second-order valence-corrected chi connectivity index (χ2v) is 4.07. The van der Waals surface area contributed by atoms with Crippen LogP contribution in [0.3, 0.4) is 0 Å². The number of amides is 1. The van der Waals surface area contributed by atoms with E-state index < -0.39 is 0 Å². The van der Waals surface area contributed by atoms with E-state index in [9.17, 15) is 4.79 Å². The van der Waals surface area contributed by atoms with Crippen LogP contribution in [0.15, 0.2) is 4.99 Å². The molecule has 0 bridgehead atoms. The molecule has 1 aliphatic rings. The first-order valence-corrected chi connectivity index (χ1v) is 6.05. The molecule has 5 nitrogen and oxygen atoms in total. The summed E-state index contributed by atoms with van der Waals surface area (Å²) in [6, 6.07) is 0. The zero-order valence-electron chi connectivity index (χ0n) is 10.4. The summed E-state index contributed by atoms with van der Waals surface area (Å²) in [5.41, 5.74) is 5.61. The van der Waals surface area contributed by atoms with Crippen molar-refractivity contribution in [2.75, 3.05) is 26.2 Å². The van der Waals surface area contributed by atoms with Gasteiger partial charge in [0, 0.05) is 19.6 Å². The van der Waals surface area contributed by atoms with Gasteiger partial charge in [-0.05, 0) is 25.7 Å². The summed E-state index contributed by atoms with van der Waals surface area (Å²) in [5.74, 6) is 0.452. The Morgan fingerprint density at radius 1 is 1.35 bits per heavy atom. The van der Waals surface area contributed by atoms with Gasteiger partial charge in [0.05, 0.1) is 0 Å². The van der Waals surface area contributed by atoms with E-state index in [1.54, 1.807) is 0 Å². The molecule has 0 aromatic rings. The summed E-state index contributed by atoms with van der Waals surface area (Å²) >= 11 is 0. The van der Waals surface area contributed by atoms with Crippen LogP contribution in [0, 0.1) is 0 Å². The summed E-state index contributed by atoms with van der Waals surface area (Å²) in [4.78, 5) is 17.6. The highest BCUT2D eigenvalue weighted by Crippen LogP contribution is 2.08. The quantitative estimate of drug-likeness (QED) is 0.448. The molecule has 1 rings (SSSR count). The van der Waals surface area contributed by atoms with Gasteiger partial charge < -0.3 is 16.0 Å². The number of carbonyl (C=O) groups is 1. The van der Waals surface area contributed by atoms with Crippen molar-refractivity contribution in [1.29, 1.82) is 0 Å². The Balaban J connectivity index is 0.00000256. The van der Waals surface area contributed by atoms with Crippen molar-refractivity contribution >= 4 is 35.8 Å². The number of hydrogen-bond donors (Lipinski definition) is 2. The van der Waals surface area contributed by atoms with Crippen LogP contribution in [0.2, 0.25) is 0 Å². The van der Waals surface area contributed by atoms with Crippen molar-refractivity contribution in [2.24, 2.45) is 10.7 Å². The Morgan fingerprint density at radius 3 is 2.59 bits per heavy atom. The minimum absolute atomic E-state index is 0. The van der Waals surface area contributed by atoms with Gasteiger partial charge in [-0.2, -0.15) is 0 Å². The van der Waals surface area contributed by atoms with Gasteiger partial charge in [0.1, 0.15) is 6.54 Å². The first kappa shape index (κ1) is 16.5. The number of likely N-dealkylation sites (tertiary alicyclic amines) is 1. The van der Waals surface area contributed by atoms with E-state index in [2.05, 4.69) is 17.2 Å². The summed E-state index contributed by atoms with van der Waals surface area (Å²) < 4.78 is 0. The van der Waals surface area contributed by atoms with Crippen molar-refractivity contribution < 1.29 is 4.79 Å². The van der Waals surface area contributed by atoms with E-state index in [0.717, 1.165) is 38.9 Å². The largest absolute Gasteiger partial charge is 0.370 e. The molecular formula is C11H23IN4O. The van der Waals surface area contributed by atoms with Gasteiger partial charge in [0.25, 0.3) is 0 Å². The molecule has 0 aliphatic carbocycles. The standard InChI is InChI=1S/C11H22N4O.HI/c1-2-6-13-11(12)14-9-10(16)15-7-4-3-5-8-15;/h2-9H2,1H3,(H3,12,13,14);1H. The Labute approximate surface area is 120 Å². The maximum absolute atomic E-state index is 11.7. The lowest BCUT2D eigenvalue weighted by molar-refractivity contribution is -0.130. The number of nitrogens with zero attached hydrogens (tertiary/aromatic N) is 2. The fourth-order valence-electron chi connectivity index (χ4n) is 1.71. The molecule has 0 saturated carbocycles. The van der Waals surface area contributed by atoms with Crippen molar-refractivity contribution in [2.45, 2.75) is 32.6 Å². The molecule has 0 radical (unpaired) electrons. The van der Waals surface area contributed by atoms with E-state index >= 15 is 0 Å². The van der Waals surface area contributed by atoms with Crippen molar-refractivity contribution in [3.63, 3.8) is 0 Å². The second-order valence-electron chi connectivity index (χ2n) is 4.07. The van der Waals surface area contributed by atoms with Gasteiger partial charge in [-0.1, -0.05) is 6.92 Å². The van der Waals surface area contributed by atoms with Crippen LogP contribution in [0.4, 0.5) is 0 Å². The molecule has 0 aromatic carbocycles. The predicted octanol–water partition coefficient (Wildman–Crippen LogP) is 0.931. The normalized spacial score (nSPS) is 16.3. The van der Waals surface area contributed by atoms with Gasteiger partial charge in [-0.3, -0.25) is 4.79 Å². The van der Waals surface area contributed by atoms with E-state index in [0.29, 0.717) is 5.96 Å². The van der Waals surface area contributed by atoms with Crippen molar-refractivity contribution in [3.05, 3.63) is 0 Å². The van der Waals surface area contributed by atoms with Gasteiger partial charge in [-0.25, -0.2) is 4.99 Å². The topological polar surface area (TPSA) is 70.7 Å². The van der Waals surface area contributed by atoms with Crippen LogP contribution in [0.5, 0.6) is 0 Å². The first-order valence-electron chi connectivity index (χ1n) is 6.05. The number of rotatable bonds is 4. The fraction of sp³-hybridized carbons (Fsp3) is 0.818. The Hall–Kier alpha value is -0.530. The molecule has 100 valence electrons. The number of piperidine rings is 1. The fourth-order valence-corrected chi connectivity index (χ4v) is 1.71. The van der Waals surface area contributed by atoms with E-state index in [1.807, 2.05) is 4.90 Å². The number of halogens is 1. The minimum Gasteiger partial charge on any atom is -0.370 e. The summed E-state index contributed by atoms with van der Waals surface area (Å²) in [6.07, 6.45) is 4.45. The highest BCUT2D eigenvalue weighted by atomic mass is 127. The zero-order chi connectivity index (χ0) is 11.8. The lowest BCUT2D eigenvalue weighted by Crippen LogP contribution is -2.38. The van der Waals surface area contributed by atoms with Gasteiger partial charge >= 0.3 is 0 Å². The zero-order valence-corrected chi connectivity index (χ0v) is 12.8. The van der Waals surface area contributed by atoms with Crippen molar-refractivity contribution in [3.8, 4) is 0 Å². The number of nitrogens with two attached hydrogens (primary N) is 1. The number of carbonyl (C=O) groups excluding carboxylic acids is 1. The third kappa shape index (κ3) is 6.70. The third-order valence-corrected chi connectivity index (χ3v) is 2.65. The highest BCUT2D eigenvalue weighted by molar-refractivity contribution is 14.0. The SMILES string of the molecule is CCCNC(N)=NCC(=O)N1CCCCC1.I. The number of aliphatic imine (C=N–C) groups is 1. The summed E-state index contributed by atoms with van der Waals surface area (Å²) in [5, 5.41) is 2.95. The average molecular weight is 354 g/mol. The average Bonchev–Trinajstić information content (AvgIpc) is 2.34. The predicted molar refractivity (Wildman–Crippen MR) is 80.6 cm³/mol. The molecule has 1 amide bonds. The molecule has 1 saturated heterocycles. The molecule has 0 spiro atoms. The van der Waals surface area contributed by atoms with Crippen LogP contribution in [0.1, 0.15) is 32.6 Å². The number of nitrogens with one attached hydrogen (secondary N) is 1. The van der Waals surface area contributed by atoms with E-state index in [4.69, 9.17) is 5.73 Å². The monoisotopic (exact) mass is 354 g/mol. The molecule has 0 aromatic heterocycles. The molecule has 1 fully saturated rings. The van der Waals surface area contributed by atoms with Crippen molar-refractivity contribution in [1.82, 2.24) is 10.2 Å². The smallest absolute Gasteiger partial charge is 0.244 e. The molecule has 6 heteroatoms. The lowest BCUT2D eigenvalue weighted by Gasteiger charge is -2.26. The molecule has 0 unspecified atom stereocenters. The first-order chi connectivity index (χ1) is 7.74. The molecule has 17 heavy (non-hydrogen) atoms. The highest BCUT2D eigenvalue weighted by Gasteiger charge is 2.15. The van der Waals surface area contributed by atoms with Gasteiger partial charge in [0.15, 0.2) is 5.96 Å². The molecular weight excluding hydrogens is 331 g/mol. The van der Waals surface area contributed by atoms with Crippen LogP contribution >= 0.6 is 24.0 Å². The Kier molecular flexibility index (Phi) is 9.20. The summed E-state index contributed by atoms with van der Waals surface area (Å²) in [7, 11) is 0. The van der Waals surface area contributed by atoms with Crippen LogP contribution in [-0.2, 0) is 4.79 Å². The molecule has 1 heterocycles. The van der Waals surface area contributed by atoms with Gasteiger partial charge in [-0.15, -0.1) is 24.0 Å². The van der Waals surface area contributed by atoms with Crippen LogP contribution < -0.4 is 11.1 Å². The van der Waals surface area contributed by atoms with Crippen LogP contribution in [-0.4, -0.2) is 42.9 Å². The van der Waals surface area contributed by atoms with Crippen LogP contribution in [0.25, 0.3) is 0 Å². The minimum atomic E-state index is 0. The maximum atomic E-state index is 11.7.